The van der Waals surface area contributed by atoms with Crippen molar-refractivity contribution in [1.82, 2.24) is 4.98 Å². The molecule has 2 aromatic rings. The molecule has 5 heteroatoms. The molecule has 0 bridgehead atoms. The van der Waals surface area contributed by atoms with Crippen molar-refractivity contribution in [3.8, 4) is 6.07 Å². The molecule has 2 aliphatic heterocycles. The van der Waals surface area contributed by atoms with Gasteiger partial charge < -0.3 is 14.7 Å². The first-order chi connectivity index (χ1) is 13.5. The van der Waals surface area contributed by atoms with Crippen LogP contribution in [0.25, 0.3) is 0 Å². The number of aliphatic hydroxyl groups excluding tert-OH is 1. The SMILES string of the molecule is Cc1cc(N2CCC3(CC2)C[C@H](O)C[C@H](c2ccccc2)O3)nc(C)c1C#N. The largest absolute Gasteiger partial charge is 0.393 e. The zero-order valence-corrected chi connectivity index (χ0v) is 16.6. The van der Waals surface area contributed by atoms with Gasteiger partial charge >= 0.3 is 0 Å². The number of hydrogen-bond donors (Lipinski definition) is 1. The van der Waals surface area contributed by atoms with Gasteiger partial charge in [-0.3, -0.25) is 0 Å². The van der Waals surface area contributed by atoms with Gasteiger partial charge in [0.05, 0.1) is 29.1 Å². The predicted octanol–water partition coefficient (Wildman–Crippen LogP) is 3.82. The van der Waals surface area contributed by atoms with E-state index in [1.807, 2.05) is 38.1 Å². The average Bonchev–Trinajstić information content (AvgIpc) is 2.68. The Balaban J connectivity index is 1.49. The number of anilines is 1. The monoisotopic (exact) mass is 377 g/mol. The molecule has 3 heterocycles. The minimum absolute atomic E-state index is 0.0472. The maximum Gasteiger partial charge on any atom is 0.129 e. The van der Waals surface area contributed by atoms with E-state index in [4.69, 9.17) is 4.74 Å². The highest BCUT2D eigenvalue weighted by molar-refractivity contribution is 5.50. The van der Waals surface area contributed by atoms with Crippen molar-refractivity contribution in [2.24, 2.45) is 0 Å². The van der Waals surface area contributed by atoms with Crippen LogP contribution in [0.2, 0.25) is 0 Å². The molecule has 1 spiro atoms. The van der Waals surface area contributed by atoms with Gasteiger partial charge in [-0.15, -0.1) is 0 Å². The molecule has 5 nitrogen and oxygen atoms in total. The summed E-state index contributed by atoms with van der Waals surface area (Å²) in [7, 11) is 0. The zero-order chi connectivity index (χ0) is 19.7. The first-order valence-corrected chi connectivity index (χ1v) is 10.0. The number of aliphatic hydroxyl groups is 1. The molecule has 1 aromatic heterocycles. The number of benzene rings is 1. The number of nitrogens with zero attached hydrogens (tertiary/aromatic N) is 3. The molecule has 2 fully saturated rings. The molecule has 2 atom stereocenters. The lowest BCUT2D eigenvalue weighted by Gasteiger charge is -2.48. The Morgan fingerprint density at radius 1 is 1.21 bits per heavy atom. The first-order valence-electron chi connectivity index (χ1n) is 10.0. The molecule has 0 unspecified atom stereocenters. The Morgan fingerprint density at radius 2 is 1.93 bits per heavy atom. The zero-order valence-electron chi connectivity index (χ0n) is 16.6. The molecule has 1 aromatic carbocycles. The molecule has 0 aliphatic carbocycles. The maximum absolute atomic E-state index is 10.5. The van der Waals surface area contributed by atoms with Gasteiger partial charge in [0, 0.05) is 25.9 Å². The lowest BCUT2D eigenvalue weighted by Crippen LogP contribution is -2.51. The number of aryl methyl sites for hydroxylation is 2. The van der Waals surface area contributed by atoms with Crippen LogP contribution in [0.3, 0.4) is 0 Å². The number of piperidine rings is 1. The Labute approximate surface area is 166 Å². The summed E-state index contributed by atoms with van der Waals surface area (Å²) in [6.45, 7) is 5.54. The van der Waals surface area contributed by atoms with Gasteiger partial charge in [0.25, 0.3) is 0 Å². The summed E-state index contributed by atoms with van der Waals surface area (Å²) >= 11 is 0. The smallest absolute Gasteiger partial charge is 0.129 e. The number of nitriles is 1. The number of ether oxygens (including phenoxy) is 1. The summed E-state index contributed by atoms with van der Waals surface area (Å²) < 4.78 is 6.59. The van der Waals surface area contributed by atoms with Gasteiger partial charge in [-0.1, -0.05) is 30.3 Å². The topological polar surface area (TPSA) is 69.4 Å². The number of aromatic nitrogens is 1. The van der Waals surface area contributed by atoms with Crippen LogP contribution < -0.4 is 4.90 Å². The molecule has 2 aliphatic rings. The molecule has 4 rings (SSSR count). The van der Waals surface area contributed by atoms with Gasteiger partial charge in [0.15, 0.2) is 0 Å². The van der Waals surface area contributed by atoms with Crippen molar-refractivity contribution in [2.75, 3.05) is 18.0 Å². The van der Waals surface area contributed by atoms with E-state index in [1.54, 1.807) is 0 Å². The molecular formula is C23H27N3O2. The van der Waals surface area contributed by atoms with E-state index in [2.05, 4.69) is 28.1 Å². The third kappa shape index (κ3) is 3.63. The van der Waals surface area contributed by atoms with Crippen LogP contribution in [-0.4, -0.2) is 34.9 Å². The van der Waals surface area contributed by atoms with Crippen LogP contribution in [-0.2, 0) is 4.74 Å². The van der Waals surface area contributed by atoms with Gasteiger partial charge in [0.1, 0.15) is 11.9 Å². The maximum atomic E-state index is 10.5. The second-order valence-corrected chi connectivity index (χ2v) is 8.15. The van der Waals surface area contributed by atoms with Gasteiger partial charge in [-0.25, -0.2) is 4.98 Å². The summed E-state index contributed by atoms with van der Waals surface area (Å²) in [6, 6.07) is 14.5. The number of pyridine rings is 1. The fourth-order valence-electron chi connectivity index (χ4n) is 4.64. The lowest BCUT2D eigenvalue weighted by molar-refractivity contribution is -0.173. The van der Waals surface area contributed by atoms with Crippen LogP contribution in [0.1, 0.15) is 54.2 Å². The van der Waals surface area contributed by atoms with Crippen molar-refractivity contribution in [3.05, 3.63) is 58.8 Å². The second kappa shape index (κ2) is 7.54. The summed E-state index contributed by atoms with van der Waals surface area (Å²) in [4.78, 5) is 6.92. The van der Waals surface area contributed by atoms with E-state index >= 15 is 0 Å². The molecule has 146 valence electrons. The standard InChI is InChI=1S/C23H27N3O2/c1-16-12-22(25-17(2)20(16)15-24)26-10-8-23(9-11-26)14-19(27)13-21(28-23)18-6-4-3-5-7-18/h3-7,12,19,21,27H,8-11,13-14H2,1-2H3/t19-,21-/m1/s1. The Bertz CT molecular complexity index is 859. The summed E-state index contributed by atoms with van der Waals surface area (Å²) in [5.41, 5.74) is 3.29. The predicted molar refractivity (Wildman–Crippen MR) is 108 cm³/mol. The molecule has 1 N–H and O–H groups in total. The van der Waals surface area contributed by atoms with E-state index < -0.39 is 0 Å². The first kappa shape index (κ1) is 18.9. The highest BCUT2D eigenvalue weighted by atomic mass is 16.5. The van der Waals surface area contributed by atoms with Crippen LogP contribution in [0.15, 0.2) is 36.4 Å². The summed E-state index contributed by atoms with van der Waals surface area (Å²) in [6.07, 6.45) is 2.71. The van der Waals surface area contributed by atoms with E-state index in [-0.39, 0.29) is 17.8 Å². The molecule has 0 amide bonds. The third-order valence-corrected chi connectivity index (χ3v) is 6.15. The van der Waals surface area contributed by atoms with E-state index in [0.717, 1.165) is 48.6 Å². The van der Waals surface area contributed by atoms with E-state index in [1.165, 1.54) is 0 Å². The minimum atomic E-state index is -0.331. The molecule has 0 radical (unpaired) electrons. The van der Waals surface area contributed by atoms with E-state index in [0.29, 0.717) is 18.4 Å². The van der Waals surface area contributed by atoms with Crippen LogP contribution in [0.5, 0.6) is 0 Å². The summed E-state index contributed by atoms with van der Waals surface area (Å²) in [5, 5.41) is 19.8. The fraction of sp³-hybridized carbons (Fsp3) is 0.478. The van der Waals surface area contributed by atoms with Crippen LogP contribution in [0, 0.1) is 25.2 Å². The fourth-order valence-corrected chi connectivity index (χ4v) is 4.64. The highest BCUT2D eigenvalue weighted by Gasteiger charge is 2.43. The lowest BCUT2D eigenvalue weighted by atomic mass is 9.81. The van der Waals surface area contributed by atoms with Gasteiger partial charge in [0.2, 0.25) is 0 Å². The van der Waals surface area contributed by atoms with E-state index in [9.17, 15) is 10.4 Å². The van der Waals surface area contributed by atoms with Crippen LogP contribution in [0.4, 0.5) is 5.82 Å². The van der Waals surface area contributed by atoms with Crippen molar-refractivity contribution in [3.63, 3.8) is 0 Å². The van der Waals surface area contributed by atoms with Crippen molar-refractivity contribution < 1.29 is 9.84 Å². The average molecular weight is 377 g/mol. The molecular weight excluding hydrogens is 350 g/mol. The second-order valence-electron chi connectivity index (χ2n) is 8.15. The minimum Gasteiger partial charge on any atom is -0.393 e. The molecule has 28 heavy (non-hydrogen) atoms. The van der Waals surface area contributed by atoms with Crippen LogP contribution >= 0.6 is 0 Å². The third-order valence-electron chi connectivity index (χ3n) is 6.15. The Hall–Kier alpha value is -2.42. The Morgan fingerprint density at radius 3 is 2.57 bits per heavy atom. The van der Waals surface area contributed by atoms with Gasteiger partial charge in [-0.2, -0.15) is 5.26 Å². The molecule has 0 saturated carbocycles. The van der Waals surface area contributed by atoms with Gasteiger partial charge in [-0.05, 0) is 43.9 Å². The van der Waals surface area contributed by atoms with Crippen molar-refractivity contribution >= 4 is 5.82 Å². The van der Waals surface area contributed by atoms with Crippen molar-refractivity contribution in [1.29, 1.82) is 5.26 Å². The Kier molecular flexibility index (Phi) is 5.09. The summed E-state index contributed by atoms with van der Waals surface area (Å²) in [5.74, 6) is 0.930. The number of hydrogen-bond acceptors (Lipinski definition) is 5. The highest BCUT2D eigenvalue weighted by Crippen LogP contribution is 2.43. The quantitative estimate of drug-likeness (QED) is 0.862. The molecule has 2 saturated heterocycles. The number of rotatable bonds is 2. The van der Waals surface area contributed by atoms with Crippen molar-refractivity contribution in [2.45, 2.75) is 57.3 Å². The normalized spacial score (nSPS) is 24.1.